The van der Waals surface area contributed by atoms with Crippen LogP contribution in [0.4, 0.5) is 0 Å². The minimum absolute atomic E-state index is 0.263. The van der Waals surface area contributed by atoms with Gasteiger partial charge in [0, 0.05) is 41.4 Å². The molecule has 0 spiro atoms. The van der Waals surface area contributed by atoms with Gasteiger partial charge in [0.15, 0.2) is 0 Å². The molecule has 2 saturated heterocycles. The molecular formula is C17H20ClN3O5S. The highest BCUT2D eigenvalue weighted by molar-refractivity contribution is 7.99. The first kappa shape index (κ1) is 20.3. The molecule has 8 nitrogen and oxygen atoms in total. The second-order valence-electron chi connectivity index (χ2n) is 6.74. The molecule has 2 aliphatic rings. The number of hydrogen-bond acceptors (Lipinski definition) is 7. The van der Waals surface area contributed by atoms with Crippen LogP contribution in [-0.4, -0.2) is 40.1 Å². The number of quaternary nitrogens is 1. The van der Waals surface area contributed by atoms with Gasteiger partial charge in [-0.05, 0) is 30.7 Å². The largest absolute Gasteiger partial charge is 0.344 e. The summed E-state index contributed by atoms with van der Waals surface area (Å²) in [5, 5.41) is 0. The Bertz CT molecular complexity index is 733. The van der Waals surface area contributed by atoms with Gasteiger partial charge in [-0.25, -0.2) is 28.4 Å². The highest BCUT2D eigenvalue weighted by Crippen LogP contribution is 2.28. The van der Waals surface area contributed by atoms with Gasteiger partial charge in [0.1, 0.15) is 0 Å². The van der Waals surface area contributed by atoms with Crippen molar-refractivity contribution < 1.29 is 38.6 Å². The zero-order valence-electron chi connectivity index (χ0n) is 14.5. The quantitative estimate of drug-likeness (QED) is 0.540. The topological polar surface area (TPSA) is 132 Å². The van der Waals surface area contributed by atoms with Gasteiger partial charge in [0.2, 0.25) is 0 Å². The van der Waals surface area contributed by atoms with Crippen LogP contribution >= 0.6 is 11.8 Å². The normalized spacial score (nSPS) is 24.7. The Morgan fingerprint density at radius 1 is 1.11 bits per heavy atom. The minimum Gasteiger partial charge on any atom is -0.306 e. The summed E-state index contributed by atoms with van der Waals surface area (Å²) in [4.78, 5) is 18.0. The third-order valence-corrected chi connectivity index (χ3v) is 6.11. The van der Waals surface area contributed by atoms with Crippen molar-refractivity contribution in [1.82, 2.24) is 9.55 Å². The Hall–Kier alpha value is -1.46. The number of imidazole rings is 1. The van der Waals surface area contributed by atoms with E-state index in [2.05, 4.69) is 16.7 Å². The molecule has 3 atom stereocenters. The molecule has 1 aromatic heterocycles. The van der Waals surface area contributed by atoms with Crippen molar-refractivity contribution in [3.63, 3.8) is 0 Å². The van der Waals surface area contributed by atoms with Crippen LogP contribution in [0.2, 0.25) is 0 Å². The van der Waals surface area contributed by atoms with E-state index < -0.39 is 10.2 Å². The maximum Gasteiger partial charge on any atom is 0.344 e. The van der Waals surface area contributed by atoms with E-state index in [1.54, 1.807) is 12.5 Å². The summed E-state index contributed by atoms with van der Waals surface area (Å²) in [6.07, 6.45) is 6.76. The van der Waals surface area contributed by atoms with Crippen molar-refractivity contribution in [3.8, 4) is 5.69 Å². The summed E-state index contributed by atoms with van der Waals surface area (Å²) in [7, 11) is -4.94. The van der Waals surface area contributed by atoms with Crippen LogP contribution in [0, 0.1) is 22.1 Å². The number of nitrogens with one attached hydrogen (secondary N) is 1. The van der Waals surface area contributed by atoms with Gasteiger partial charge in [-0.3, -0.25) is 4.90 Å². The van der Waals surface area contributed by atoms with Crippen LogP contribution in [0.1, 0.15) is 16.8 Å². The van der Waals surface area contributed by atoms with E-state index in [0.29, 0.717) is 0 Å². The van der Waals surface area contributed by atoms with Crippen LogP contribution in [-0.2, 0) is 0 Å². The molecule has 0 aliphatic carbocycles. The van der Waals surface area contributed by atoms with Crippen molar-refractivity contribution in [2.45, 2.75) is 6.42 Å². The van der Waals surface area contributed by atoms with E-state index >= 15 is 0 Å². The average molecular weight is 414 g/mol. The predicted octanol–water partition coefficient (Wildman–Crippen LogP) is -3.48. The Balaban J connectivity index is 0.000000376. The molecule has 2 aliphatic heterocycles. The van der Waals surface area contributed by atoms with E-state index in [9.17, 15) is 4.79 Å². The van der Waals surface area contributed by atoms with Crippen molar-refractivity contribution in [1.29, 1.82) is 0 Å². The van der Waals surface area contributed by atoms with Gasteiger partial charge in [-0.15, -0.1) is 10.2 Å². The van der Waals surface area contributed by atoms with Crippen LogP contribution < -0.4 is 23.5 Å². The molecule has 1 aromatic carbocycles. The van der Waals surface area contributed by atoms with Gasteiger partial charge in [0.25, 0.3) is 0 Å². The van der Waals surface area contributed by atoms with Crippen molar-refractivity contribution in [2.24, 2.45) is 11.8 Å². The zero-order chi connectivity index (χ0) is 19.4. The monoisotopic (exact) mass is 413 g/mol. The van der Waals surface area contributed by atoms with Gasteiger partial charge in [-0.2, -0.15) is 11.8 Å². The molecule has 1 N–H and O–H groups in total. The number of hydrogen-bond donors (Lipinski definition) is 1. The van der Waals surface area contributed by atoms with Gasteiger partial charge >= 0.3 is 5.91 Å². The summed E-state index contributed by atoms with van der Waals surface area (Å²) in [5.74, 6) is 4.17. The maximum absolute atomic E-state index is 12.8. The maximum atomic E-state index is 12.8. The first-order valence-corrected chi connectivity index (χ1v) is 10.9. The molecule has 27 heavy (non-hydrogen) atoms. The van der Waals surface area contributed by atoms with Gasteiger partial charge < -0.3 is 4.57 Å². The Morgan fingerprint density at radius 2 is 1.70 bits per heavy atom. The molecule has 1 unspecified atom stereocenters. The lowest BCUT2D eigenvalue weighted by molar-refractivity contribution is -2.00. The minimum atomic E-state index is -4.94. The third kappa shape index (κ3) is 6.01. The van der Waals surface area contributed by atoms with Gasteiger partial charge in [0.05, 0.1) is 25.0 Å². The number of rotatable bonds is 2. The number of thioether (sulfide) groups is 1. The SMILES string of the molecule is O=C(c1ccc(-n2ccnc2)cc1)[NH+]1C[C@@H]2CSC[C@@H](C2)C1.[O-][Cl+3]([O-])([O-])[O-]. The molecule has 3 heterocycles. The number of benzene rings is 1. The Kier molecular flexibility index (Phi) is 6.53. The number of fused-ring (bicyclic) bond motifs is 2. The van der Waals surface area contributed by atoms with E-state index in [0.717, 1.165) is 41.1 Å². The Morgan fingerprint density at radius 3 is 2.22 bits per heavy atom. The number of likely N-dealkylation sites (tertiary alicyclic amines) is 1. The number of aromatic nitrogens is 2. The molecule has 2 fully saturated rings. The molecule has 0 saturated carbocycles. The highest BCUT2D eigenvalue weighted by atomic mass is 35.7. The van der Waals surface area contributed by atoms with Gasteiger partial charge in [-0.1, -0.05) is 0 Å². The number of halogens is 1. The van der Waals surface area contributed by atoms with Crippen LogP contribution in [0.25, 0.3) is 5.69 Å². The third-order valence-electron chi connectivity index (χ3n) is 4.70. The standard InChI is InChI=1S/C17H19N3OS.ClHO4/c21-17(20-8-13-7-14(9-20)11-22-10-13)15-1-3-16(4-2-15)19-6-5-18-12-19;2-1(3,4)5/h1-6,12-14H,7-11H2;(H,2,3,4,5)/t13-,14+;. The predicted molar refractivity (Wildman–Crippen MR) is 87.5 cm³/mol. The summed E-state index contributed by atoms with van der Waals surface area (Å²) in [5.41, 5.74) is 1.86. The fourth-order valence-corrected chi connectivity index (χ4v) is 4.97. The van der Waals surface area contributed by atoms with E-state index in [-0.39, 0.29) is 5.91 Å². The average Bonchev–Trinajstić information content (AvgIpc) is 3.14. The fraction of sp³-hybridized carbons (Fsp3) is 0.412. The molecule has 0 radical (unpaired) electrons. The lowest BCUT2D eigenvalue weighted by Crippen LogP contribution is -3.17. The lowest BCUT2D eigenvalue weighted by atomic mass is 9.90. The number of amides is 1. The smallest absolute Gasteiger partial charge is 0.306 e. The lowest BCUT2D eigenvalue weighted by Gasteiger charge is -2.37. The first-order chi connectivity index (χ1) is 12.8. The summed E-state index contributed by atoms with van der Waals surface area (Å²) >= 11 is 2.06. The van der Waals surface area contributed by atoms with Crippen LogP contribution in [0.5, 0.6) is 0 Å². The zero-order valence-corrected chi connectivity index (χ0v) is 16.0. The second kappa shape index (κ2) is 8.70. The van der Waals surface area contributed by atoms with Crippen molar-refractivity contribution >= 4 is 17.7 Å². The highest BCUT2D eigenvalue weighted by Gasteiger charge is 2.37. The molecule has 146 valence electrons. The number of carbonyl (C=O) groups is 1. The van der Waals surface area contributed by atoms with E-state index in [1.807, 2.05) is 35.0 Å². The second-order valence-corrected chi connectivity index (χ2v) is 8.57. The fourth-order valence-electron chi connectivity index (χ4n) is 3.66. The first-order valence-electron chi connectivity index (χ1n) is 8.47. The van der Waals surface area contributed by atoms with Crippen molar-refractivity contribution in [2.75, 3.05) is 24.6 Å². The molecule has 4 rings (SSSR count). The number of piperidine rings is 1. The Labute approximate surface area is 163 Å². The molecule has 2 aromatic rings. The number of nitrogens with zero attached hydrogens (tertiary/aromatic N) is 2. The van der Waals surface area contributed by atoms with Crippen LogP contribution in [0.3, 0.4) is 0 Å². The van der Waals surface area contributed by atoms with E-state index in [1.165, 1.54) is 17.9 Å². The van der Waals surface area contributed by atoms with Crippen molar-refractivity contribution in [3.05, 3.63) is 48.5 Å². The molecule has 2 bridgehead atoms. The molecule has 1 amide bonds. The summed E-state index contributed by atoms with van der Waals surface area (Å²) < 4.78 is 35.9. The number of carbonyl (C=O) groups excluding carboxylic acids is 1. The van der Waals surface area contributed by atoms with E-state index in [4.69, 9.17) is 18.6 Å². The molecular weight excluding hydrogens is 394 g/mol. The summed E-state index contributed by atoms with van der Waals surface area (Å²) in [6.45, 7) is 2.01. The summed E-state index contributed by atoms with van der Waals surface area (Å²) in [6, 6.07) is 7.89. The van der Waals surface area contributed by atoms with Crippen LogP contribution in [0.15, 0.2) is 43.0 Å². The molecule has 10 heteroatoms.